The molecule has 1 aromatic carbocycles. The Morgan fingerprint density at radius 3 is 2.40 bits per heavy atom. The predicted octanol–water partition coefficient (Wildman–Crippen LogP) is 3.56. The first-order valence-electron chi connectivity index (χ1n) is 7.89. The van der Waals surface area contributed by atoms with Crippen LogP contribution in [0.1, 0.15) is 36.7 Å². The average molecular weight is 343 g/mol. The number of benzene rings is 1. The summed E-state index contributed by atoms with van der Waals surface area (Å²) in [6, 6.07) is 10.2. The van der Waals surface area contributed by atoms with Crippen LogP contribution in [0.5, 0.6) is 0 Å². The molecule has 0 saturated heterocycles. The van der Waals surface area contributed by atoms with Gasteiger partial charge in [0.2, 0.25) is 0 Å². The summed E-state index contributed by atoms with van der Waals surface area (Å²) < 4.78 is 5.20. The largest absolute Gasteiger partial charge is 0.460 e. The van der Waals surface area contributed by atoms with Crippen LogP contribution >= 0.6 is 0 Å². The van der Waals surface area contributed by atoms with Gasteiger partial charge in [-0.25, -0.2) is 9.78 Å². The van der Waals surface area contributed by atoms with Crippen molar-refractivity contribution < 1.29 is 14.5 Å². The van der Waals surface area contributed by atoms with E-state index >= 15 is 0 Å². The van der Waals surface area contributed by atoms with E-state index in [1.165, 1.54) is 18.3 Å². The number of rotatable bonds is 6. The Kier molecular flexibility index (Phi) is 5.69. The SMILES string of the molecule is CC(C)(C)c1ccc(C(=O)OCCNc2ccc([N+](=O)[O-])cn2)cc1. The highest BCUT2D eigenvalue weighted by Gasteiger charge is 2.14. The van der Waals surface area contributed by atoms with Crippen LogP contribution in [0.3, 0.4) is 0 Å². The molecule has 0 aliphatic rings. The highest BCUT2D eigenvalue weighted by atomic mass is 16.6. The van der Waals surface area contributed by atoms with Crippen molar-refractivity contribution in [3.63, 3.8) is 0 Å². The van der Waals surface area contributed by atoms with Crippen molar-refractivity contribution in [2.45, 2.75) is 26.2 Å². The number of hydrogen-bond donors (Lipinski definition) is 1. The molecule has 0 saturated carbocycles. The molecule has 7 heteroatoms. The van der Waals surface area contributed by atoms with Crippen LogP contribution in [0, 0.1) is 10.1 Å². The third-order valence-corrected chi connectivity index (χ3v) is 3.59. The summed E-state index contributed by atoms with van der Waals surface area (Å²) in [5, 5.41) is 13.5. The van der Waals surface area contributed by atoms with E-state index in [1.807, 2.05) is 12.1 Å². The number of pyridine rings is 1. The molecule has 0 aliphatic heterocycles. The minimum Gasteiger partial charge on any atom is -0.460 e. The van der Waals surface area contributed by atoms with Crippen molar-refractivity contribution >= 4 is 17.5 Å². The van der Waals surface area contributed by atoms with Crippen molar-refractivity contribution in [2.75, 3.05) is 18.5 Å². The molecule has 0 amide bonds. The van der Waals surface area contributed by atoms with E-state index in [-0.39, 0.29) is 23.7 Å². The molecule has 0 radical (unpaired) electrons. The normalized spacial score (nSPS) is 11.0. The lowest BCUT2D eigenvalue weighted by Crippen LogP contribution is -2.15. The number of esters is 1. The summed E-state index contributed by atoms with van der Waals surface area (Å²) >= 11 is 0. The van der Waals surface area contributed by atoms with E-state index in [1.54, 1.807) is 12.1 Å². The molecular weight excluding hydrogens is 322 g/mol. The summed E-state index contributed by atoms with van der Waals surface area (Å²) in [4.78, 5) is 25.9. The average Bonchev–Trinajstić information content (AvgIpc) is 2.58. The summed E-state index contributed by atoms with van der Waals surface area (Å²) in [7, 11) is 0. The van der Waals surface area contributed by atoms with Gasteiger partial charge < -0.3 is 10.1 Å². The van der Waals surface area contributed by atoms with E-state index in [0.29, 0.717) is 17.9 Å². The first-order valence-corrected chi connectivity index (χ1v) is 7.89. The maximum absolute atomic E-state index is 12.0. The van der Waals surface area contributed by atoms with Gasteiger partial charge in [0.05, 0.1) is 17.0 Å². The van der Waals surface area contributed by atoms with Crippen LogP contribution in [0.4, 0.5) is 11.5 Å². The van der Waals surface area contributed by atoms with E-state index in [2.05, 4.69) is 31.1 Å². The second-order valence-electron chi connectivity index (χ2n) is 6.55. The first kappa shape index (κ1) is 18.4. The molecule has 2 rings (SSSR count). The molecule has 1 heterocycles. The van der Waals surface area contributed by atoms with Gasteiger partial charge in [0.25, 0.3) is 5.69 Å². The lowest BCUT2D eigenvalue weighted by atomic mass is 9.87. The maximum atomic E-state index is 12.0. The molecule has 132 valence electrons. The highest BCUT2D eigenvalue weighted by molar-refractivity contribution is 5.89. The molecule has 0 unspecified atom stereocenters. The van der Waals surface area contributed by atoms with Crippen molar-refractivity contribution in [3.8, 4) is 0 Å². The lowest BCUT2D eigenvalue weighted by Gasteiger charge is -2.18. The van der Waals surface area contributed by atoms with E-state index < -0.39 is 4.92 Å². The lowest BCUT2D eigenvalue weighted by molar-refractivity contribution is -0.385. The Hall–Kier alpha value is -2.96. The van der Waals surface area contributed by atoms with E-state index in [9.17, 15) is 14.9 Å². The molecule has 2 aromatic rings. The summed E-state index contributed by atoms with van der Waals surface area (Å²) in [6.07, 6.45) is 1.17. The zero-order valence-corrected chi connectivity index (χ0v) is 14.5. The standard InChI is InChI=1S/C18H21N3O4/c1-18(2,3)14-6-4-13(5-7-14)17(22)25-11-10-19-16-9-8-15(12-20-16)21(23)24/h4-9,12H,10-11H2,1-3H3,(H,19,20). The van der Waals surface area contributed by atoms with Crippen molar-refractivity contribution in [1.29, 1.82) is 0 Å². The van der Waals surface area contributed by atoms with Crippen LogP contribution in [-0.2, 0) is 10.2 Å². The van der Waals surface area contributed by atoms with E-state index in [0.717, 1.165) is 5.56 Å². The van der Waals surface area contributed by atoms with Crippen LogP contribution in [-0.4, -0.2) is 29.0 Å². The Morgan fingerprint density at radius 2 is 1.88 bits per heavy atom. The fraction of sp³-hybridized carbons (Fsp3) is 0.333. The Bertz CT molecular complexity index is 734. The predicted molar refractivity (Wildman–Crippen MR) is 94.8 cm³/mol. The van der Waals surface area contributed by atoms with Crippen molar-refractivity contribution in [2.24, 2.45) is 0 Å². The fourth-order valence-corrected chi connectivity index (χ4v) is 2.11. The number of aromatic nitrogens is 1. The molecule has 1 aromatic heterocycles. The Labute approximate surface area is 146 Å². The number of anilines is 1. The Balaban J connectivity index is 1.79. The van der Waals surface area contributed by atoms with Gasteiger partial charge in [-0.1, -0.05) is 32.9 Å². The molecule has 1 N–H and O–H groups in total. The summed E-state index contributed by atoms with van der Waals surface area (Å²) in [6.45, 7) is 6.85. The molecular formula is C18H21N3O4. The zero-order chi connectivity index (χ0) is 18.4. The number of nitro groups is 1. The van der Waals surface area contributed by atoms with E-state index in [4.69, 9.17) is 4.74 Å². The third kappa shape index (κ3) is 5.27. The monoisotopic (exact) mass is 343 g/mol. The number of carbonyl (C=O) groups excluding carboxylic acids is 1. The maximum Gasteiger partial charge on any atom is 0.338 e. The number of nitrogens with zero attached hydrogens (tertiary/aromatic N) is 2. The second-order valence-corrected chi connectivity index (χ2v) is 6.55. The van der Waals surface area contributed by atoms with Crippen molar-refractivity contribution in [1.82, 2.24) is 4.98 Å². The molecule has 0 atom stereocenters. The van der Waals surface area contributed by atoms with Gasteiger partial charge in [0.1, 0.15) is 18.6 Å². The minimum atomic E-state index is -0.510. The van der Waals surface area contributed by atoms with Gasteiger partial charge in [0.15, 0.2) is 0 Å². The zero-order valence-electron chi connectivity index (χ0n) is 14.5. The van der Waals surface area contributed by atoms with Gasteiger partial charge in [-0.15, -0.1) is 0 Å². The van der Waals surface area contributed by atoms with Gasteiger partial charge in [-0.2, -0.15) is 0 Å². The fourth-order valence-electron chi connectivity index (χ4n) is 2.11. The van der Waals surface area contributed by atoms with Gasteiger partial charge in [-0.3, -0.25) is 10.1 Å². The number of carbonyl (C=O) groups is 1. The number of nitrogens with one attached hydrogen (secondary N) is 1. The smallest absolute Gasteiger partial charge is 0.338 e. The van der Waals surface area contributed by atoms with Gasteiger partial charge in [-0.05, 0) is 29.2 Å². The molecule has 0 spiro atoms. The summed E-state index contributed by atoms with van der Waals surface area (Å²) in [5.74, 6) is 0.0927. The quantitative estimate of drug-likeness (QED) is 0.373. The van der Waals surface area contributed by atoms with Crippen LogP contribution in [0.15, 0.2) is 42.6 Å². The molecule has 0 bridgehead atoms. The molecule has 25 heavy (non-hydrogen) atoms. The van der Waals surface area contributed by atoms with Gasteiger partial charge >= 0.3 is 5.97 Å². The topological polar surface area (TPSA) is 94.4 Å². The molecule has 7 nitrogen and oxygen atoms in total. The van der Waals surface area contributed by atoms with Gasteiger partial charge in [0, 0.05) is 6.07 Å². The first-order chi connectivity index (χ1) is 11.8. The molecule has 0 fully saturated rings. The number of ether oxygens (including phenoxy) is 1. The van der Waals surface area contributed by atoms with Crippen LogP contribution in [0.25, 0.3) is 0 Å². The minimum absolute atomic E-state index is 0.0319. The third-order valence-electron chi connectivity index (χ3n) is 3.59. The Morgan fingerprint density at radius 1 is 1.20 bits per heavy atom. The highest BCUT2D eigenvalue weighted by Crippen LogP contribution is 2.22. The van der Waals surface area contributed by atoms with Crippen LogP contribution in [0.2, 0.25) is 0 Å². The summed E-state index contributed by atoms with van der Waals surface area (Å²) in [5.41, 5.74) is 1.61. The van der Waals surface area contributed by atoms with Crippen LogP contribution < -0.4 is 5.32 Å². The number of hydrogen-bond acceptors (Lipinski definition) is 6. The molecule has 0 aliphatic carbocycles. The second kappa shape index (κ2) is 7.74. The van der Waals surface area contributed by atoms with Crippen molar-refractivity contribution in [3.05, 3.63) is 63.8 Å².